The number of aliphatic imine (C=N–C) groups is 1. The van der Waals surface area contributed by atoms with Gasteiger partial charge in [-0.1, -0.05) is 6.92 Å². The molecule has 0 aromatic carbocycles. The van der Waals surface area contributed by atoms with Crippen LogP contribution in [-0.2, 0) is 0 Å². The first-order valence-corrected chi connectivity index (χ1v) is 3.96. The van der Waals surface area contributed by atoms with Gasteiger partial charge in [-0.2, -0.15) is 0 Å². The summed E-state index contributed by atoms with van der Waals surface area (Å²) in [5, 5.41) is 0.759. The highest BCUT2D eigenvalue weighted by atomic mass is 32.2. The minimum atomic E-state index is 0.560. The van der Waals surface area contributed by atoms with E-state index in [4.69, 9.17) is 0 Å². The molecule has 2 heteroatoms. The standard InChI is InChI=1S/C6H11NS/c1-3-6-5(2)7-4-8-6/h4-6H,3H2,1-2H3. The van der Waals surface area contributed by atoms with Crippen molar-refractivity contribution in [2.45, 2.75) is 31.6 Å². The van der Waals surface area contributed by atoms with Crippen LogP contribution in [0.4, 0.5) is 0 Å². The van der Waals surface area contributed by atoms with Gasteiger partial charge < -0.3 is 0 Å². The lowest BCUT2D eigenvalue weighted by Gasteiger charge is -2.07. The molecule has 46 valence electrons. The molecule has 0 aliphatic carbocycles. The summed E-state index contributed by atoms with van der Waals surface area (Å²) in [5.41, 5.74) is 1.97. The largest absolute Gasteiger partial charge is 0.282 e. The van der Waals surface area contributed by atoms with E-state index >= 15 is 0 Å². The van der Waals surface area contributed by atoms with E-state index in [2.05, 4.69) is 18.8 Å². The molecule has 1 aliphatic rings. The Morgan fingerprint density at radius 1 is 1.75 bits per heavy atom. The van der Waals surface area contributed by atoms with E-state index in [1.165, 1.54) is 6.42 Å². The molecule has 0 radical (unpaired) electrons. The van der Waals surface area contributed by atoms with Crippen molar-refractivity contribution in [1.82, 2.24) is 0 Å². The molecule has 0 bridgehead atoms. The predicted octanol–water partition coefficient (Wildman–Crippen LogP) is 1.93. The fourth-order valence-corrected chi connectivity index (χ4v) is 1.77. The zero-order valence-electron chi connectivity index (χ0n) is 5.29. The van der Waals surface area contributed by atoms with Crippen LogP contribution in [0.2, 0.25) is 0 Å². The highest BCUT2D eigenvalue weighted by molar-refractivity contribution is 8.12. The maximum Gasteiger partial charge on any atom is 0.0599 e. The number of nitrogens with zero attached hydrogens (tertiary/aromatic N) is 1. The fourth-order valence-electron chi connectivity index (χ4n) is 0.856. The Kier molecular flexibility index (Phi) is 1.95. The number of rotatable bonds is 1. The minimum Gasteiger partial charge on any atom is -0.282 e. The summed E-state index contributed by atoms with van der Waals surface area (Å²) < 4.78 is 0. The Morgan fingerprint density at radius 3 is 2.75 bits per heavy atom. The van der Waals surface area contributed by atoms with Crippen molar-refractivity contribution in [3.8, 4) is 0 Å². The van der Waals surface area contributed by atoms with Crippen molar-refractivity contribution in [2.75, 3.05) is 0 Å². The molecule has 0 aromatic rings. The summed E-state index contributed by atoms with van der Waals surface area (Å²) in [5.74, 6) is 0. The van der Waals surface area contributed by atoms with Crippen LogP contribution >= 0.6 is 11.8 Å². The van der Waals surface area contributed by atoms with Gasteiger partial charge in [0.2, 0.25) is 0 Å². The second kappa shape index (κ2) is 2.53. The molecule has 0 fully saturated rings. The Bertz CT molecular complexity index is 101. The van der Waals surface area contributed by atoms with Crippen LogP contribution in [0.15, 0.2) is 4.99 Å². The van der Waals surface area contributed by atoms with Crippen molar-refractivity contribution in [3.05, 3.63) is 0 Å². The number of hydrogen-bond donors (Lipinski definition) is 0. The zero-order valence-corrected chi connectivity index (χ0v) is 6.11. The first-order valence-electron chi connectivity index (χ1n) is 3.01. The smallest absolute Gasteiger partial charge is 0.0599 e. The van der Waals surface area contributed by atoms with Gasteiger partial charge in [0.25, 0.3) is 0 Å². The third-order valence-electron chi connectivity index (χ3n) is 1.47. The molecule has 1 heterocycles. The molecule has 0 N–H and O–H groups in total. The third-order valence-corrected chi connectivity index (χ3v) is 2.79. The maximum atomic E-state index is 4.23. The van der Waals surface area contributed by atoms with Gasteiger partial charge in [-0.25, -0.2) is 0 Å². The summed E-state index contributed by atoms with van der Waals surface area (Å²) in [6, 6.07) is 0.560. The molecule has 0 aromatic heterocycles. The SMILES string of the molecule is CCC1SC=NC1C. The van der Waals surface area contributed by atoms with Crippen LogP contribution in [0, 0.1) is 0 Å². The van der Waals surface area contributed by atoms with Crippen molar-refractivity contribution >= 4 is 17.3 Å². The monoisotopic (exact) mass is 129 g/mol. The molecule has 1 rings (SSSR count). The van der Waals surface area contributed by atoms with E-state index in [1.54, 1.807) is 0 Å². The van der Waals surface area contributed by atoms with E-state index in [1.807, 2.05) is 17.3 Å². The average Bonchev–Trinajstić information content (AvgIpc) is 2.14. The predicted molar refractivity (Wildman–Crippen MR) is 39.6 cm³/mol. The Labute approximate surface area is 54.6 Å². The van der Waals surface area contributed by atoms with E-state index in [-0.39, 0.29) is 0 Å². The molecule has 0 saturated carbocycles. The van der Waals surface area contributed by atoms with E-state index in [0.717, 1.165) is 5.25 Å². The Hall–Kier alpha value is 0.0200. The third kappa shape index (κ3) is 1.05. The van der Waals surface area contributed by atoms with Crippen molar-refractivity contribution in [2.24, 2.45) is 4.99 Å². The first kappa shape index (κ1) is 6.14. The van der Waals surface area contributed by atoms with Crippen molar-refractivity contribution < 1.29 is 0 Å². The van der Waals surface area contributed by atoms with Crippen molar-refractivity contribution in [3.63, 3.8) is 0 Å². The minimum absolute atomic E-state index is 0.560. The number of thioether (sulfide) groups is 1. The van der Waals surface area contributed by atoms with Gasteiger partial charge in [-0.3, -0.25) is 4.99 Å². The van der Waals surface area contributed by atoms with Crippen LogP contribution < -0.4 is 0 Å². The van der Waals surface area contributed by atoms with Crippen LogP contribution in [0.25, 0.3) is 0 Å². The summed E-state index contributed by atoms with van der Waals surface area (Å²) in [6.07, 6.45) is 1.24. The summed E-state index contributed by atoms with van der Waals surface area (Å²) in [6.45, 7) is 4.38. The van der Waals surface area contributed by atoms with Gasteiger partial charge in [0.15, 0.2) is 0 Å². The Morgan fingerprint density at radius 2 is 2.50 bits per heavy atom. The Balaban J connectivity index is 2.38. The van der Waals surface area contributed by atoms with Crippen LogP contribution in [0.1, 0.15) is 20.3 Å². The molecule has 8 heavy (non-hydrogen) atoms. The van der Waals surface area contributed by atoms with Gasteiger partial charge in [-0.15, -0.1) is 11.8 Å². The summed E-state index contributed by atoms with van der Waals surface area (Å²) in [7, 11) is 0. The van der Waals surface area contributed by atoms with E-state index < -0.39 is 0 Å². The quantitative estimate of drug-likeness (QED) is 0.527. The highest BCUT2D eigenvalue weighted by Gasteiger charge is 2.17. The summed E-state index contributed by atoms with van der Waals surface area (Å²) >= 11 is 1.86. The average molecular weight is 129 g/mol. The maximum absolute atomic E-state index is 4.23. The van der Waals surface area contributed by atoms with Crippen molar-refractivity contribution in [1.29, 1.82) is 0 Å². The fraction of sp³-hybridized carbons (Fsp3) is 0.833. The topological polar surface area (TPSA) is 12.4 Å². The molecule has 0 amide bonds. The lowest BCUT2D eigenvalue weighted by molar-refractivity contribution is 0.687. The van der Waals surface area contributed by atoms with Crippen LogP contribution in [-0.4, -0.2) is 16.8 Å². The number of hydrogen-bond acceptors (Lipinski definition) is 2. The first-order chi connectivity index (χ1) is 3.84. The van der Waals surface area contributed by atoms with E-state index in [0.29, 0.717) is 6.04 Å². The summed E-state index contributed by atoms with van der Waals surface area (Å²) in [4.78, 5) is 4.23. The van der Waals surface area contributed by atoms with Gasteiger partial charge in [0.05, 0.1) is 11.6 Å². The lowest BCUT2D eigenvalue weighted by Crippen LogP contribution is -2.10. The normalized spacial score (nSPS) is 36.2. The molecular formula is C6H11NS. The second-order valence-corrected chi connectivity index (χ2v) is 3.17. The van der Waals surface area contributed by atoms with Gasteiger partial charge in [0.1, 0.15) is 0 Å². The van der Waals surface area contributed by atoms with Gasteiger partial charge in [0, 0.05) is 5.25 Å². The molecule has 0 saturated heterocycles. The van der Waals surface area contributed by atoms with Gasteiger partial charge in [-0.05, 0) is 13.3 Å². The second-order valence-electron chi connectivity index (χ2n) is 2.08. The van der Waals surface area contributed by atoms with E-state index in [9.17, 15) is 0 Å². The molecule has 1 nitrogen and oxygen atoms in total. The molecule has 2 unspecified atom stereocenters. The van der Waals surface area contributed by atoms with Crippen LogP contribution in [0.3, 0.4) is 0 Å². The lowest BCUT2D eigenvalue weighted by atomic mass is 10.2. The molecular weight excluding hydrogens is 118 g/mol. The zero-order chi connectivity index (χ0) is 5.98. The molecule has 1 aliphatic heterocycles. The molecule has 0 spiro atoms. The highest BCUT2D eigenvalue weighted by Crippen LogP contribution is 2.23. The molecule has 2 atom stereocenters. The van der Waals surface area contributed by atoms with Crippen LogP contribution in [0.5, 0.6) is 0 Å². The van der Waals surface area contributed by atoms with Gasteiger partial charge >= 0.3 is 0 Å².